The fourth-order valence-corrected chi connectivity index (χ4v) is 7.15. The number of rotatable bonds is 11. The first kappa shape index (κ1) is 32.8. The third-order valence-corrected chi connectivity index (χ3v) is 10.5. The van der Waals surface area contributed by atoms with Gasteiger partial charge in [-0.15, -0.1) is 0 Å². The van der Waals surface area contributed by atoms with Crippen LogP contribution in [-0.2, 0) is 26.2 Å². The van der Waals surface area contributed by atoms with E-state index in [0.717, 1.165) is 41.1 Å². The topological polar surface area (TPSA) is 86.8 Å². The number of amides is 2. The molecule has 0 aromatic heterocycles. The highest BCUT2D eigenvalue weighted by molar-refractivity contribution is 7.92. The predicted octanol–water partition coefficient (Wildman–Crippen LogP) is 7.10. The van der Waals surface area contributed by atoms with Crippen molar-refractivity contribution in [2.75, 3.05) is 10.8 Å². The first-order valence-electron chi connectivity index (χ1n) is 14.6. The molecule has 2 amide bonds. The summed E-state index contributed by atoms with van der Waals surface area (Å²) in [5.74, 6) is -0.626. The number of nitrogens with one attached hydrogen (secondary N) is 1. The largest absolute Gasteiger partial charge is 0.352 e. The number of halogens is 2. The van der Waals surface area contributed by atoms with Crippen LogP contribution in [0.15, 0.2) is 71.6 Å². The number of carbonyl (C=O) groups excluding carboxylic acids is 2. The van der Waals surface area contributed by atoms with Crippen LogP contribution in [0, 0.1) is 6.92 Å². The van der Waals surface area contributed by atoms with E-state index in [1.807, 2.05) is 19.1 Å². The molecule has 1 fully saturated rings. The molecule has 230 valence electrons. The van der Waals surface area contributed by atoms with Gasteiger partial charge in [0.1, 0.15) is 12.6 Å². The molecule has 0 aliphatic heterocycles. The van der Waals surface area contributed by atoms with E-state index < -0.39 is 28.5 Å². The van der Waals surface area contributed by atoms with Gasteiger partial charge in [-0.1, -0.05) is 85.8 Å². The molecule has 43 heavy (non-hydrogen) atoms. The van der Waals surface area contributed by atoms with E-state index in [0.29, 0.717) is 21.3 Å². The summed E-state index contributed by atoms with van der Waals surface area (Å²) >= 11 is 13.0. The lowest BCUT2D eigenvalue weighted by Crippen LogP contribution is -2.52. The van der Waals surface area contributed by atoms with Gasteiger partial charge in [0.15, 0.2) is 0 Å². The molecule has 1 N–H and O–H groups in total. The molecule has 1 aliphatic rings. The normalized spacial score (nSPS) is 14.5. The third kappa shape index (κ3) is 7.91. The van der Waals surface area contributed by atoms with Crippen molar-refractivity contribution in [3.05, 3.63) is 93.5 Å². The first-order valence-corrected chi connectivity index (χ1v) is 16.8. The van der Waals surface area contributed by atoms with E-state index in [1.54, 1.807) is 49.4 Å². The van der Waals surface area contributed by atoms with Crippen LogP contribution in [0.3, 0.4) is 0 Å². The van der Waals surface area contributed by atoms with Crippen LogP contribution in [0.4, 0.5) is 5.69 Å². The highest BCUT2D eigenvalue weighted by Crippen LogP contribution is 2.29. The van der Waals surface area contributed by atoms with Crippen LogP contribution in [-0.4, -0.2) is 43.8 Å². The molecule has 1 aliphatic carbocycles. The standard InChI is InChI=1S/C33H39Cl2N3O4S/c1-22(2)25-14-16-27(17-15-25)38(43(41,42)28-18-12-23(3)13-19-28)21-32(39)37(20-29-30(34)10-7-11-31(29)35)24(4)33(40)36-26-8-5-6-9-26/h7,10-19,22,24,26H,5-6,8-9,20-21H2,1-4H3,(H,36,40)/t24-/m1/s1. The summed E-state index contributed by atoms with van der Waals surface area (Å²) in [6.45, 7) is 7.02. The molecule has 1 saturated carbocycles. The van der Waals surface area contributed by atoms with E-state index in [-0.39, 0.29) is 29.3 Å². The summed E-state index contributed by atoms with van der Waals surface area (Å²) in [7, 11) is -4.15. The zero-order chi connectivity index (χ0) is 31.3. The van der Waals surface area contributed by atoms with Crippen molar-refractivity contribution in [1.82, 2.24) is 10.2 Å². The van der Waals surface area contributed by atoms with Crippen molar-refractivity contribution in [3.63, 3.8) is 0 Å². The SMILES string of the molecule is Cc1ccc(S(=O)(=O)N(CC(=O)N(Cc2c(Cl)cccc2Cl)[C@H](C)C(=O)NC2CCCC2)c2ccc(C(C)C)cc2)cc1. The molecule has 0 unspecified atom stereocenters. The van der Waals surface area contributed by atoms with E-state index in [2.05, 4.69) is 19.2 Å². The van der Waals surface area contributed by atoms with Crippen molar-refractivity contribution in [1.29, 1.82) is 0 Å². The Hall–Kier alpha value is -3.07. The van der Waals surface area contributed by atoms with Gasteiger partial charge in [-0.3, -0.25) is 13.9 Å². The quantitative estimate of drug-likeness (QED) is 0.241. The van der Waals surface area contributed by atoms with Gasteiger partial charge in [-0.25, -0.2) is 8.42 Å². The maximum Gasteiger partial charge on any atom is 0.264 e. The Bertz CT molecular complexity index is 1520. The Morgan fingerprint density at radius 1 is 0.907 bits per heavy atom. The Labute approximate surface area is 265 Å². The average Bonchev–Trinajstić information content (AvgIpc) is 3.48. The Morgan fingerprint density at radius 2 is 1.49 bits per heavy atom. The minimum atomic E-state index is -4.15. The summed E-state index contributed by atoms with van der Waals surface area (Å²) in [6.07, 6.45) is 3.85. The van der Waals surface area contributed by atoms with E-state index >= 15 is 0 Å². The monoisotopic (exact) mass is 643 g/mol. The van der Waals surface area contributed by atoms with E-state index in [4.69, 9.17) is 23.2 Å². The van der Waals surface area contributed by atoms with Gasteiger partial charge in [0.25, 0.3) is 10.0 Å². The summed E-state index contributed by atoms with van der Waals surface area (Å²) in [5.41, 5.74) is 2.77. The van der Waals surface area contributed by atoms with E-state index in [9.17, 15) is 18.0 Å². The van der Waals surface area contributed by atoms with Crippen molar-refractivity contribution in [2.45, 2.75) is 82.8 Å². The predicted molar refractivity (Wildman–Crippen MR) is 173 cm³/mol. The van der Waals surface area contributed by atoms with Gasteiger partial charge in [-0.05, 0) is 74.6 Å². The Balaban J connectivity index is 1.73. The van der Waals surface area contributed by atoms with Gasteiger partial charge in [0.05, 0.1) is 10.6 Å². The number of carbonyl (C=O) groups is 2. The minimum Gasteiger partial charge on any atom is -0.352 e. The van der Waals surface area contributed by atoms with Gasteiger partial charge in [0.2, 0.25) is 11.8 Å². The highest BCUT2D eigenvalue weighted by Gasteiger charge is 2.34. The third-order valence-electron chi connectivity index (χ3n) is 7.99. The smallest absolute Gasteiger partial charge is 0.264 e. The van der Waals surface area contributed by atoms with Crippen LogP contribution in [0.5, 0.6) is 0 Å². The number of sulfonamides is 1. The lowest BCUT2D eigenvalue weighted by Gasteiger charge is -2.33. The van der Waals surface area contributed by atoms with Gasteiger partial charge in [-0.2, -0.15) is 0 Å². The zero-order valence-corrected chi connectivity index (χ0v) is 27.3. The second-order valence-corrected chi connectivity index (χ2v) is 14.1. The fourth-order valence-electron chi connectivity index (χ4n) is 5.22. The molecule has 10 heteroatoms. The lowest BCUT2D eigenvalue weighted by atomic mass is 10.0. The van der Waals surface area contributed by atoms with Crippen LogP contribution in [0.25, 0.3) is 0 Å². The number of nitrogens with zero attached hydrogens (tertiary/aromatic N) is 2. The summed E-state index contributed by atoms with van der Waals surface area (Å²) in [5, 5.41) is 3.76. The van der Waals surface area contributed by atoms with Crippen LogP contribution >= 0.6 is 23.2 Å². The molecular weight excluding hydrogens is 605 g/mol. The first-order chi connectivity index (χ1) is 20.4. The molecule has 0 heterocycles. The van der Waals surface area contributed by atoms with Gasteiger partial charge < -0.3 is 10.2 Å². The summed E-state index contributed by atoms with van der Waals surface area (Å²) < 4.78 is 29.2. The Kier molecular flexibility index (Phi) is 10.8. The molecule has 3 aromatic rings. The number of benzene rings is 3. The van der Waals surface area contributed by atoms with Crippen molar-refractivity contribution >= 4 is 50.7 Å². The highest BCUT2D eigenvalue weighted by atomic mass is 35.5. The summed E-state index contributed by atoms with van der Waals surface area (Å²) in [6, 6.07) is 17.8. The zero-order valence-electron chi connectivity index (χ0n) is 25.0. The molecular formula is C33H39Cl2N3O4S. The Morgan fingerprint density at radius 3 is 2.05 bits per heavy atom. The maximum atomic E-state index is 14.2. The number of hydrogen-bond acceptors (Lipinski definition) is 4. The van der Waals surface area contributed by atoms with Crippen LogP contribution < -0.4 is 9.62 Å². The molecule has 4 rings (SSSR count). The summed E-state index contributed by atoms with van der Waals surface area (Å²) in [4.78, 5) is 29.0. The maximum absolute atomic E-state index is 14.2. The van der Waals surface area contributed by atoms with Crippen LogP contribution in [0.1, 0.15) is 69.1 Å². The molecule has 7 nitrogen and oxygen atoms in total. The molecule has 0 spiro atoms. The average molecular weight is 645 g/mol. The second kappa shape index (κ2) is 14.1. The van der Waals surface area contributed by atoms with E-state index in [1.165, 1.54) is 17.0 Å². The van der Waals surface area contributed by atoms with Crippen molar-refractivity contribution in [3.8, 4) is 0 Å². The minimum absolute atomic E-state index is 0.0497. The lowest BCUT2D eigenvalue weighted by molar-refractivity contribution is -0.139. The van der Waals surface area contributed by atoms with Crippen LogP contribution in [0.2, 0.25) is 10.0 Å². The molecule has 0 saturated heterocycles. The molecule has 1 atom stereocenters. The number of aryl methyl sites for hydroxylation is 1. The van der Waals surface area contributed by atoms with Crippen molar-refractivity contribution in [2.24, 2.45) is 0 Å². The molecule has 0 bridgehead atoms. The number of hydrogen-bond donors (Lipinski definition) is 1. The molecule has 3 aromatic carbocycles. The fraction of sp³-hybridized carbons (Fsp3) is 0.394. The molecule has 0 radical (unpaired) electrons. The second-order valence-electron chi connectivity index (χ2n) is 11.5. The number of anilines is 1. The van der Waals surface area contributed by atoms with Gasteiger partial charge >= 0.3 is 0 Å². The van der Waals surface area contributed by atoms with Gasteiger partial charge in [0, 0.05) is 28.2 Å². The van der Waals surface area contributed by atoms with Crippen molar-refractivity contribution < 1.29 is 18.0 Å².